The molecule has 1 unspecified atom stereocenters. The quantitative estimate of drug-likeness (QED) is 0.727. The number of hydrogen-bond acceptors (Lipinski definition) is 3. The SMILES string of the molecule is COc1ccc(C(O)CS)cc1C. The van der Waals surface area contributed by atoms with Crippen molar-refractivity contribution in [3.8, 4) is 5.75 Å². The Morgan fingerprint density at radius 2 is 2.23 bits per heavy atom. The molecule has 0 radical (unpaired) electrons. The van der Waals surface area contributed by atoms with Crippen molar-refractivity contribution in [1.82, 2.24) is 0 Å². The van der Waals surface area contributed by atoms with Crippen molar-refractivity contribution in [2.45, 2.75) is 13.0 Å². The summed E-state index contributed by atoms with van der Waals surface area (Å²) in [5, 5.41) is 9.50. The number of hydrogen-bond donors (Lipinski definition) is 2. The van der Waals surface area contributed by atoms with Crippen LogP contribution < -0.4 is 4.74 Å². The summed E-state index contributed by atoms with van der Waals surface area (Å²) in [5.74, 6) is 1.28. The first-order valence-electron chi connectivity index (χ1n) is 4.12. The molecule has 0 aliphatic heterocycles. The van der Waals surface area contributed by atoms with Gasteiger partial charge in [0.25, 0.3) is 0 Å². The van der Waals surface area contributed by atoms with E-state index in [0.29, 0.717) is 5.75 Å². The highest BCUT2D eigenvalue weighted by atomic mass is 32.1. The van der Waals surface area contributed by atoms with Crippen LogP contribution in [0.15, 0.2) is 18.2 Å². The Bertz CT molecular complexity index is 286. The number of rotatable bonds is 3. The number of aliphatic hydroxyl groups is 1. The average Bonchev–Trinajstić information content (AvgIpc) is 2.16. The van der Waals surface area contributed by atoms with Crippen LogP contribution in [0.25, 0.3) is 0 Å². The van der Waals surface area contributed by atoms with Crippen LogP contribution in [0.3, 0.4) is 0 Å². The predicted molar refractivity (Wildman–Crippen MR) is 56.5 cm³/mol. The number of thiol groups is 1. The molecule has 1 N–H and O–H groups in total. The van der Waals surface area contributed by atoms with Crippen molar-refractivity contribution in [2.24, 2.45) is 0 Å². The molecule has 0 heterocycles. The standard InChI is InChI=1S/C10H14O2S/c1-7-5-8(9(11)6-13)3-4-10(7)12-2/h3-5,9,11,13H,6H2,1-2H3. The second-order valence-corrected chi connectivity index (χ2v) is 3.29. The van der Waals surface area contributed by atoms with E-state index in [2.05, 4.69) is 12.6 Å². The molecular weight excluding hydrogens is 184 g/mol. The number of aliphatic hydroxyl groups excluding tert-OH is 1. The highest BCUT2D eigenvalue weighted by Crippen LogP contribution is 2.22. The maximum absolute atomic E-state index is 9.50. The summed E-state index contributed by atoms with van der Waals surface area (Å²) in [6, 6.07) is 5.63. The van der Waals surface area contributed by atoms with Gasteiger partial charge in [0.15, 0.2) is 0 Å². The number of benzene rings is 1. The third-order valence-corrected chi connectivity index (χ3v) is 2.32. The topological polar surface area (TPSA) is 29.5 Å². The van der Waals surface area contributed by atoms with Crippen molar-refractivity contribution in [3.05, 3.63) is 29.3 Å². The summed E-state index contributed by atoms with van der Waals surface area (Å²) in [6.07, 6.45) is -0.493. The molecule has 0 saturated carbocycles. The van der Waals surface area contributed by atoms with E-state index in [1.807, 2.05) is 25.1 Å². The fourth-order valence-corrected chi connectivity index (χ4v) is 1.43. The molecule has 1 aromatic carbocycles. The molecule has 0 aliphatic carbocycles. The molecule has 1 atom stereocenters. The Morgan fingerprint density at radius 3 is 2.69 bits per heavy atom. The molecule has 1 aromatic rings. The first-order chi connectivity index (χ1) is 6.19. The minimum absolute atomic E-state index is 0.436. The van der Waals surface area contributed by atoms with Gasteiger partial charge >= 0.3 is 0 Å². The van der Waals surface area contributed by atoms with Crippen LogP contribution >= 0.6 is 12.6 Å². The van der Waals surface area contributed by atoms with E-state index in [1.165, 1.54) is 0 Å². The highest BCUT2D eigenvalue weighted by molar-refractivity contribution is 7.80. The Morgan fingerprint density at radius 1 is 1.54 bits per heavy atom. The summed E-state index contributed by atoms with van der Waals surface area (Å²) in [4.78, 5) is 0. The van der Waals surface area contributed by atoms with Gasteiger partial charge in [-0.3, -0.25) is 0 Å². The third-order valence-electron chi connectivity index (χ3n) is 1.98. The minimum Gasteiger partial charge on any atom is -0.496 e. The first kappa shape index (κ1) is 10.4. The molecule has 0 amide bonds. The van der Waals surface area contributed by atoms with E-state index in [4.69, 9.17) is 4.74 Å². The van der Waals surface area contributed by atoms with Crippen LogP contribution in [0.1, 0.15) is 17.2 Å². The zero-order valence-corrected chi connectivity index (χ0v) is 8.71. The maximum Gasteiger partial charge on any atom is 0.121 e. The summed E-state index contributed by atoms with van der Waals surface area (Å²) in [7, 11) is 1.64. The fraction of sp³-hybridized carbons (Fsp3) is 0.400. The Labute approximate surface area is 84.0 Å². The first-order valence-corrected chi connectivity index (χ1v) is 4.75. The molecular formula is C10H14O2S. The fourth-order valence-electron chi connectivity index (χ4n) is 1.21. The Balaban J connectivity index is 2.95. The number of aryl methyl sites for hydroxylation is 1. The van der Waals surface area contributed by atoms with E-state index < -0.39 is 6.10 Å². The van der Waals surface area contributed by atoms with Crippen molar-refractivity contribution >= 4 is 12.6 Å². The van der Waals surface area contributed by atoms with Gasteiger partial charge in [-0.05, 0) is 30.2 Å². The lowest BCUT2D eigenvalue weighted by Gasteiger charge is -2.10. The molecule has 0 fully saturated rings. The molecule has 1 rings (SSSR count). The second-order valence-electron chi connectivity index (χ2n) is 2.93. The van der Waals surface area contributed by atoms with Crippen molar-refractivity contribution in [3.63, 3.8) is 0 Å². The van der Waals surface area contributed by atoms with E-state index >= 15 is 0 Å². The molecule has 72 valence electrons. The van der Waals surface area contributed by atoms with Gasteiger partial charge in [-0.2, -0.15) is 12.6 Å². The van der Waals surface area contributed by atoms with E-state index in [0.717, 1.165) is 16.9 Å². The summed E-state index contributed by atoms with van der Waals surface area (Å²) < 4.78 is 5.11. The zero-order chi connectivity index (χ0) is 9.84. The van der Waals surface area contributed by atoms with E-state index in [1.54, 1.807) is 7.11 Å². The lowest BCUT2D eigenvalue weighted by atomic mass is 10.1. The van der Waals surface area contributed by atoms with Gasteiger partial charge in [0.05, 0.1) is 13.2 Å². The van der Waals surface area contributed by atoms with Crippen LogP contribution in [-0.4, -0.2) is 18.0 Å². The van der Waals surface area contributed by atoms with Gasteiger partial charge in [0, 0.05) is 5.75 Å². The molecule has 3 heteroatoms. The van der Waals surface area contributed by atoms with Crippen molar-refractivity contribution in [1.29, 1.82) is 0 Å². The Hall–Kier alpha value is -0.670. The summed E-state index contributed by atoms with van der Waals surface area (Å²) in [5.41, 5.74) is 1.91. The van der Waals surface area contributed by atoms with Crippen molar-refractivity contribution in [2.75, 3.05) is 12.9 Å². The van der Waals surface area contributed by atoms with Crippen LogP contribution in [0, 0.1) is 6.92 Å². The van der Waals surface area contributed by atoms with Crippen LogP contribution in [0.4, 0.5) is 0 Å². The molecule has 0 bridgehead atoms. The molecule has 0 saturated heterocycles. The largest absolute Gasteiger partial charge is 0.496 e. The zero-order valence-electron chi connectivity index (χ0n) is 7.82. The number of methoxy groups -OCH3 is 1. The molecule has 13 heavy (non-hydrogen) atoms. The van der Waals surface area contributed by atoms with Gasteiger partial charge < -0.3 is 9.84 Å². The monoisotopic (exact) mass is 198 g/mol. The minimum atomic E-state index is -0.493. The summed E-state index contributed by atoms with van der Waals surface area (Å²) >= 11 is 4.03. The lowest BCUT2D eigenvalue weighted by molar-refractivity contribution is 0.204. The average molecular weight is 198 g/mol. The van der Waals surface area contributed by atoms with Gasteiger partial charge in [0.2, 0.25) is 0 Å². The highest BCUT2D eigenvalue weighted by Gasteiger charge is 2.06. The van der Waals surface area contributed by atoms with Crippen molar-refractivity contribution < 1.29 is 9.84 Å². The van der Waals surface area contributed by atoms with E-state index in [-0.39, 0.29) is 0 Å². The third kappa shape index (κ3) is 2.39. The predicted octanol–water partition coefficient (Wildman–Crippen LogP) is 1.97. The second kappa shape index (κ2) is 4.53. The summed E-state index contributed by atoms with van der Waals surface area (Å²) in [6.45, 7) is 1.95. The smallest absolute Gasteiger partial charge is 0.121 e. The van der Waals surface area contributed by atoms with Gasteiger partial charge in [0.1, 0.15) is 5.75 Å². The van der Waals surface area contributed by atoms with Gasteiger partial charge in [-0.15, -0.1) is 0 Å². The molecule has 0 spiro atoms. The maximum atomic E-state index is 9.50. The van der Waals surface area contributed by atoms with Gasteiger partial charge in [-0.1, -0.05) is 6.07 Å². The lowest BCUT2D eigenvalue weighted by Crippen LogP contribution is -1.99. The normalized spacial score (nSPS) is 12.6. The molecule has 0 aromatic heterocycles. The van der Waals surface area contributed by atoms with E-state index in [9.17, 15) is 5.11 Å². The van der Waals surface area contributed by atoms with Crippen LogP contribution in [-0.2, 0) is 0 Å². The van der Waals surface area contributed by atoms with Crippen LogP contribution in [0.5, 0.6) is 5.75 Å². The van der Waals surface area contributed by atoms with Crippen LogP contribution in [0.2, 0.25) is 0 Å². The molecule has 0 aliphatic rings. The molecule has 2 nitrogen and oxygen atoms in total. The van der Waals surface area contributed by atoms with Gasteiger partial charge in [-0.25, -0.2) is 0 Å². The number of ether oxygens (including phenoxy) is 1. The Kier molecular flexibility index (Phi) is 3.63.